The molecule has 0 atom stereocenters. The van der Waals surface area contributed by atoms with Crippen molar-refractivity contribution in [3.63, 3.8) is 0 Å². The normalized spacial score (nSPS) is 19.5. The molecule has 1 saturated carbocycles. The topological polar surface area (TPSA) is 12.9 Å². The molecule has 106 valence electrons. The number of fused-ring (bicyclic) bond motifs is 1. The third-order valence-corrected chi connectivity index (χ3v) is 4.86. The van der Waals surface area contributed by atoms with E-state index in [1.54, 1.807) is 11.1 Å². The minimum Gasteiger partial charge on any atom is -0.260 e. The second-order valence-electron chi connectivity index (χ2n) is 6.50. The van der Waals surface area contributed by atoms with Gasteiger partial charge in [-0.15, -0.1) is 0 Å². The fraction of sp³-hybridized carbons (Fsp3) is 0.722. The van der Waals surface area contributed by atoms with E-state index in [2.05, 4.69) is 27.0 Å². The highest BCUT2D eigenvalue weighted by atomic mass is 14.7. The Balaban J connectivity index is 0.000000637. The molecule has 0 saturated heterocycles. The molecule has 0 aliphatic heterocycles. The molecular formula is C18H29N. The highest BCUT2D eigenvalue weighted by Gasteiger charge is 2.41. The van der Waals surface area contributed by atoms with Crippen LogP contribution in [0.25, 0.3) is 0 Å². The Morgan fingerprint density at radius 1 is 1.05 bits per heavy atom. The molecule has 2 aliphatic carbocycles. The maximum atomic E-state index is 4.70. The zero-order valence-electron chi connectivity index (χ0n) is 13.3. The van der Waals surface area contributed by atoms with Gasteiger partial charge in [-0.05, 0) is 60.6 Å². The van der Waals surface area contributed by atoms with Gasteiger partial charge in [0.2, 0.25) is 0 Å². The Hall–Kier alpha value is -0.850. The summed E-state index contributed by atoms with van der Waals surface area (Å²) in [5, 5.41) is 0. The Morgan fingerprint density at radius 2 is 1.63 bits per heavy atom. The summed E-state index contributed by atoms with van der Waals surface area (Å²) in [6.45, 7) is 10.8. The van der Waals surface area contributed by atoms with Crippen LogP contribution in [0, 0.1) is 12.3 Å². The lowest BCUT2D eigenvalue weighted by molar-refractivity contribution is 0.317. The molecule has 1 aromatic heterocycles. The Bertz CT molecular complexity index is 439. The van der Waals surface area contributed by atoms with Crippen molar-refractivity contribution < 1.29 is 0 Å². The number of nitrogens with zero attached hydrogens (tertiary/aromatic N) is 1. The van der Waals surface area contributed by atoms with Crippen LogP contribution >= 0.6 is 0 Å². The molecule has 0 radical (unpaired) electrons. The van der Waals surface area contributed by atoms with Gasteiger partial charge in [-0.2, -0.15) is 0 Å². The molecule has 0 aromatic carbocycles. The number of hydrogen-bond donors (Lipinski definition) is 0. The number of pyridine rings is 1. The van der Waals surface area contributed by atoms with Gasteiger partial charge in [0, 0.05) is 11.9 Å². The second-order valence-corrected chi connectivity index (χ2v) is 6.50. The standard InChI is InChI=1S/C16H23N.C2H6/c1-11(2)15-14-9-16(6-4-5-7-16)8-13(14)12(3)10-17-15;1-2/h10-11H,4-9H2,1-3H3;1-2H3. The number of hydrogen-bond acceptors (Lipinski definition) is 1. The van der Waals surface area contributed by atoms with Gasteiger partial charge in [-0.25, -0.2) is 0 Å². The van der Waals surface area contributed by atoms with Crippen molar-refractivity contribution in [3.8, 4) is 0 Å². The molecule has 1 nitrogen and oxygen atoms in total. The molecular weight excluding hydrogens is 230 g/mol. The lowest BCUT2D eigenvalue weighted by atomic mass is 9.83. The summed E-state index contributed by atoms with van der Waals surface area (Å²) in [6, 6.07) is 0. The summed E-state index contributed by atoms with van der Waals surface area (Å²) < 4.78 is 0. The van der Waals surface area contributed by atoms with Gasteiger partial charge in [0.1, 0.15) is 0 Å². The predicted octanol–water partition coefficient (Wildman–Crippen LogP) is 5.20. The van der Waals surface area contributed by atoms with Crippen molar-refractivity contribution in [3.05, 3.63) is 28.6 Å². The van der Waals surface area contributed by atoms with Gasteiger partial charge in [-0.1, -0.05) is 40.5 Å². The quantitative estimate of drug-likeness (QED) is 0.675. The van der Waals surface area contributed by atoms with E-state index >= 15 is 0 Å². The lowest BCUT2D eigenvalue weighted by Gasteiger charge is -2.21. The fourth-order valence-corrected chi connectivity index (χ4v) is 3.95. The van der Waals surface area contributed by atoms with Crippen molar-refractivity contribution in [2.45, 2.75) is 79.1 Å². The third kappa shape index (κ3) is 2.57. The van der Waals surface area contributed by atoms with Gasteiger partial charge in [0.15, 0.2) is 0 Å². The Labute approximate surface area is 118 Å². The predicted molar refractivity (Wildman–Crippen MR) is 82.7 cm³/mol. The zero-order chi connectivity index (χ0) is 14.0. The first-order chi connectivity index (χ1) is 9.11. The van der Waals surface area contributed by atoms with Crippen LogP contribution in [0.5, 0.6) is 0 Å². The van der Waals surface area contributed by atoms with Gasteiger partial charge >= 0.3 is 0 Å². The summed E-state index contributed by atoms with van der Waals surface area (Å²) in [4.78, 5) is 4.70. The molecule has 19 heavy (non-hydrogen) atoms. The van der Waals surface area contributed by atoms with Crippen molar-refractivity contribution in [1.82, 2.24) is 4.98 Å². The van der Waals surface area contributed by atoms with Crippen LogP contribution < -0.4 is 0 Å². The summed E-state index contributed by atoms with van der Waals surface area (Å²) >= 11 is 0. The van der Waals surface area contributed by atoms with E-state index in [0.717, 1.165) is 0 Å². The Morgan fingerprint density at radius 3 is 2.21 bits per heavy atom. The molecule has 2 aliphatic rings. The van der Waals surface area contributed by atoms with Crippen molar-refractivity contribution in [2.24, 2.45) is 5.41 Å². The lowest BCUT2D eigenvalue weighted by Crippen LogP contribution is -2.16. The molecule has 0 bridgehead atoms. The highest BCUT2D eigenvalue weighted by molar-refractivity contribution is 5.43. The third-order valence-electron chi connectivity index (χ3n) is 4.86. The molecule has 1 heteroatoms. The van der Waals surface area contributed by atoms with Gasteiger partial charge in [-0.3, -0.25) is 4.98 Å². The largest absolute Gasteiger partial charge is 0.260 e. The van der Waals surface area contributed by atoms with Gasteiger partial charge in [0.05, 0.1) is 0 Å². The Kier molecular flexibility index (Phi) is 4.32. The molecule has 1 spiro atoms. The first kappa shape index (κ1) is 14.6. The van der Waals surface area contributed by atoms with Crippen LogP contribution in [0.4, 0.5) is 0 Å². The van der Waals surface area contributed by atoms with Crippen molar-refractivity contribution in [2.75, 3.05) is 0 Å². The van der Waals surface area contributed by atoms with E-state index in [0.29, 0.717) is 11.3 Å². The minimum absolute atomic E-state index is 0.570. The first-order valence-electron chi connectivity index (χ1n) is 8.09. The van der Waals surface area contributed by atoms with E-state index in [9.17, 15) is 0 Å². The molecule has 1 heterocycles. The molecule has 3 rings (SSSR count). The molecule has 0 unspecified atom stereocenters. The van der Waals surface area contributed by atoms with Crippen LogP contribution in [0.2, 0.25) is 0 Å². The van der Waals surface area contributed by atoms with Crippen LogP contribution in [0.15, 0.2) is 6.20 Å². The summed E-state index contributed by atoms with van der Waals surface area (Å²) in [5.41, 5.74) is 6.68. The zero-order valence-corrected chi connectivity index (χ0v) is 13.3. The SMILES string of the molecule is CC.Cc1cnc(C(C)C)c2c1CC1(CCCC1)C2. The summed E-state index contributed by atoms with van der Waals surface area (Å²) in [5.74, 6) is 0.570. The average Bonchev–Trinajstić information content (AvgIpc) is 3.00. The number of aryl methyl sites for hydroxylation is 1. The van der Waals surface area contributed by atoms with Crippen LogP contribution in [0.3, 0.4) is 0 Å². The van der Waals surface area contributed by atoms with Gasteiger partial charge < -0.3 is 0 Å². The molecule has 0 amide bonds. The molecule has 1 fully saturated rings. The second kappa shape index (κ2) is 5.64. The smallest absolute Gasteiger partial charge is 0.0464 e. The minimum atomic E-state index is 0.570. The number of rotatable bonds is 1. The van der Waals surface area contributed by atoms with E-state index in [-0.39, 0.29) is 0 Å². The first-order valence-corrected chi connectivity index (χ1v) is 8.09. The van der Waals surface area contributed by atoms with Crippen molar-refractivity contribution in [1.29, 1.82) is 0 Å². The molecule has 1 aromatic rings. The highest BCUT2D eigenvalue weighted by Crippen LogP contribution is 2.50. The average molecular weight is 259 g/mol. The maximum Gasteiger partial charge on any atom is 0.0464 e. The maximum absolute atomic E-state index is 4.70. The van der Waals surface area contributed by atoms with Crippen molar-refractivity contribution >= 4 is 0 Å². The van der Waals surface area contributed by atoms with E-state index < -0.39 is 0 Å². The summed E-state index contributed by atoms with van der Waals surface area (Å²) in [7, 11) is 0. The molecule has 0 N–H and O–H groups in total. The monoisotopic (exact) mass is 259 g/mol. The van der Waals surface area contributed by atoms with E-state index in [1.165, 1.54) is 49.8 Å². The summed E-state index contributed by atoms with van der Waals surface area (Å²) in [6.07, 6.45) is 10.5. The van der Waals surface area contributed by atoms with E-state index in [4.69, 9.17) is 4.98 Å². The van der Waals surface area contributed by atoms with Crippen LogP contribution in [-0.4, -0.2) is 4.98 Å². The van der Waals surface area contributed by atoms with Gasteiger partial charge in [0.25, 0.3) is 0 Å². The van der Waals surface area contributed by atoms with Crippen LogP contribution in [-0.2, 0) is 12.8 Å². The van der Waals surface area contributed by atoms with Crippen LogP contribution in [0.1, 0.15) is 81.7 Å². The van der Waals surface area contributed by atoms with E-state index in [1.807, 2.05) is 13.8 Å². The fourth-order valence-electron chi connectivity index (χ4n) is 3.95. The number of aromatic nitrogens is 1.